The average Bonchev–Trinajstić information content (AvgIpc) is 2.56. The van der Waals surface area contributed by atoms with Gasteiger partial charge in [0.15, 0.2) is 5.60 Å². The van der Waals surface area contributed by atoms with Crippen LogP contribution in [0, 0.1) is 5.82 Å². The van der Waals surface area contributed by atoms with Crippen molar-refractivity contribution in [2.75, 3.05) is 16.8 Å². The number of hydrogen-bond donors (Lipinski definition) is 1. The van der Waals surface area contributed by atoms with Crippen LogP contribution in [-0.4, -0.2) is 24.0 Å². The van der Waals surface area contributed by atoms with Crippen molar-refractivity contribution >= 4 is 34.8 Å². The number of fused-ring (bicyclic) bond motifs is 1. The average molecular weight is 377 g/mol. The van der Waals surface area contributed by atoms with E-state index in [4.69, 9.17) is 16.3 Å². The molecule has 1 heterocycles. The third-order valence-corrected chi connectivity index (χ3v) is 4.24. The third kappa shape index (κ3) is 3.80. The summed E-state index contributed by atoms with van der Waals surface area (Å²) in [6.45, 7) is 3.50. The molecule has 0 atom stereocenters. The predicted octanol–water partition coefficient (Wildman–Crippen LogP) is 4.01. The molecule has 0 saturated heterocycles. The van der Waals surface area contributed by atoms with Gasteiger partial charge in [0.05, 0.1) is 5.69 Å². The summed E-state index contributed by atoms with van der Waals surface area (Å²) in [6.07, 6.45) is 0.0459. The molecule has 26 heavy (non-hydrogen) atoms. The van der Waals surface area contributed by atoms with Crippen LogP contribution in [0.4, 0.5) is 15.8 Å². The molecule has 2 aromatic carbocycles. The number of benzene rings is 2. The minimum Gasteiger partial charge on any atom is -0.476 e. The predicted molar refractivity (Wildman–Crippen MR) is 98.2 cm³/mol. The zero-order chi connectivity index (χ0) is 18.9. The third-order valence-electron chi connectivity index (χ3n) is 4.01. The van der Waals surface area contributed by atoms with E-state index in [1.54, 1.807) is 38.1 Å². The van der Waals surface area contributed by atoms with Crippen molar-refractivity contribution in [3.8, 4) is 5.75 Å². The second-order valence-electron chi connectivity index (χ2n) is 6.49. The Labute approximate surface area is 155 Å². The molecule has 1 aliphatic rings. The topological polar surface area (TPSA) is 58.6 Å². The number of anilines is 2. The van der Waals surface area contributed by atoms with Gasteiger partial charge in [0, 0.05) is 23.7 Å². The smallest absolute Gasteiger partial charge is 0.270 e. The SMILES string of the molecule is CC1(C)Oc2ccc(Cl)cc2N(CCC(=O)Nc2cccc(F)c2)C1=O. The Bertz CT molecular complexity index is 870. The van der Waals surface area contributed by atoms with Crippen molar-refractivity contribution in [3.63, 3.8) is 0 Å². The van der Waals surface area contributed by atoms with Crippen molar-refractivity contribution in [3.05, 3.63) is 53.3 Å². The van der Waals surface area contributed by atoms with Gasteiger partial charge >= 0.3 is 0 Å². The molecule has 3 rings (SSSR count). The molecule has 0 spiro atoms. The molecule has 0 saturated carbocycles. The first kappa shape index (κ1) is 18.2. The number of nitrogens with zero attached hydrogens (tertiary/aromatic N) is 1. The molecule has 0 fully saturated rings. The normalized spacial score (nSPS) is 15.2. The Morgan fingerprint density at radius 2 is 2.04 bits per heavy atom. The summed E-state index contributed by atoms with van der Waals surface area (Å²) >= 11 is 6.04. The first-order valence-corrected chi connectivity index (χ1v) is 8.50. The number of nitrogens with one attached hydrogen (secondary N) is 1. The lowest BCUT2D eigenvalue weighted by molar-refractivity contribution is -0.132. The Hall–Kier alpha value is -2.60. The highest BCUT2D eigenvalue weighted by molar-refractivity contribution is 6.31. The van der Waals surface area contributed by atoms with Gasteiger partial charge in [-0.3, -0.25) is 9.59 Å². The first-order valence-electron chi connectivity index (χ1n) is 8.12. The Morgan fingerprint density at radius 1 is 1.27 bits per heavy atom. The fourth-order valence-electron chi connectivity index (χ4n) is 2.77. The van der Waals surface area contributed by atoms with E-state index in [9.17, 15) is 14.0 Å². The van der Waals surface area contributed by atoms with Crippen LogP contribution in [0.15, 0.2) is 42.5 Å². The quantitative estimate of drug-likeness (QED) is 0.877. The Kier molecular flexibility index (Phi) is 4.87. The Balaban J connectivity index is 1.75. The lowest BCUT2D eigenvalue weighted by atomic mass is 10.0. The molecule has 0 bridgehead atoms. The lowest BCUT2D eigenvalue weighted by Crippen LogP contribution is -2.53. The van der Waals surface area contributed by atoms with Gasteiger partial charge < -0.3 is 15.0 Å². The van der Waals surface area contributed by atoms with E-state index in [1.165, 1.54) is 23.1 Å². The molecule has 0 aliphatic carbocycles. The van der Waals surface area contributed by atoms with Crippen molar-refractivity contribution in [2.24, 2.45) is 0 Å². The molecule has 2 amide bonds. The van der Waals surface area contributed by atoms with Gasteiger partial charge in [-0.1, -0.05) is 17.7 Å². The molecule has 136 valence electrons. The number of ether oxygens (including phenoxy) is 1. The second-order valence-corrected chi connectivity index (χ2v) is 6.93. The monoisotopic (exact) mass is 376 g/mol. The zero-order valence-corrected chi connectivity index (χ0v) is 15.1. The van der Waals surface area contributed by atoms with Gasteiger partial charge in [0.25, 0.3) is 5.91 Å². The molecule has 0 aromatic heterocycles. The Morgan fingerprint density at radius 3 is 2.77 bits per heavy atom. The molecule has 1 N–H and O–H groups in total. The van der Waals surface area contributed by atoms with Crippen molar-refractivity contribution in [1.29, 1.82) is 0 Å². The van der Waals surface area contributed by atoms with Gasteiger partial charge in [-0.15, -0.1) is 0 Å². The van der Waals surface area contributed by atoms with E-state index in [0.717, 1.165) is 0 Å². The summed E-state index contributed by atoms with van der Waals surface area (Å²) in [5, 5.41) is 3.09. The fourth-order valence-corrected chi connectivity index (χ4v) is 2.93. The van der Waals surface area contributed by atoms with Crippen molar-refractivity contribution < 1.29 is 18.7 Å². The number of carbonyl (C=O) groups excluding carboxylic acids is 2. The maximum absolute atomic E-state index is 13.2. The van der Waals surface area contributed by atoms with Crippen LogP contribution < -0.4 is 15.0 Å². The van der Waals surface area contributed by atoms with Crippen LogP contribution in [0.1, 0.15) is 20.3 Å². The van der Waals surface area contributed by atoms with E-state index >= 15 is 0 Å². The number of halogens is 2. The molecule has 0 radical (unpaired) electrons. The molecule has 1 aliphatic heterocycles. The summed E-state index contributed by atoms with van der Waals surface area (Å²) < 4.78 is 18.9. The van der Waals surface area contributed by atoms with Crippen LogP contribution >= 0.6 is 11.6 Å². The van der Waals surface area contributed by atoms with Gasteiger partial charge in [0.2, 0.25) is 5.91 Å². The van der Waals surface area contributed by atoms with Crippen LogP contribution in [0.25, 0.3) is 0 Å². The van der Waals surface area contributed by atoms with Crippen LogP contribution in [-0.2, 0) is 9.59 Å². The highest BCUT2D eigenvalue weighted by Crippen LogP contribution is 2.39. The summed E-state index contributed by atoms with van der Waals surface area (Å²) in [5.74, 6) is -0.483. The fraction of sp³-hybridized carbons (Fsp3) is 0.263. The number of amides is 2. The lowest BCUT2D eigenvalue weighted by Gasteiger charge is -2.38. The molecular weight excluding hydrogens is 359 g/mol. The van der Waals surface area contributed by atoms with Crippen molar-refractivity contribution in [1.82, 2.24) is 0 Å². The number of carbonyl (C=O) groups is 2. The van der Waals surface area contributed by atoms with Gasteiger partial charge in [-0.05, 0) is 50.2 Å². The molecule has 2 aromatic rings. The summed E-state index contributed by atoms with van der Waals surface area (Å²) in [6, 6.07) is 10.7. The van der Waals surface area contributed by atoms with E-state index in [1.807, 2.05) is 0 Å². The summed E-state index contributed by atoms with van der Waals surface area (Å²) in [4.78, 5) is 26.4. The first-order chi connectivity index (χ1) is 12.3. The second kappa shape index (κ2) is 6.96. The van der Waals surface area contributed by atoms with Crippen molar-refractivity contribution in [2.45, 2.75) is 25.9 Å². The minimum absolute atomic E-state index is 0.0459. The van der Waals surface area contributed by atoms with Gasteiger partial charge in [-0.2, -0.15) is 0 Å². The molecule has 0 unspecified atom stereocenters. The van der Waals surface area contributed by atoms with E-state index in [0.29, 0.717) is 22.1 Å². The van der Waals surface area contributed by atoms with Crippen LogP contribution in [0.5, 0.6) is 5.75 Å². The maximum atomic E-state index is 13.2. The maximum Gasteiger partial charge on any atom is 0.270 e. The highest BCUT2D eigenvalue weighted by atomic mass is 35.5. The summed E-state index contributed by atoms with van der Waals surface area (Å²) in [5.41, 5.74) is -0.146. The molecule has 5 nitrogen and oxygen atoms in total. The van der Waals surface area contributed by atoms with Gasteiger partial charge in [0.1, 0.15) is 11.6 Å². The molecular formula is C19H18ClFN2O3. The highest BCUT2D eigenvalue weighted by Gasteiger charge is 2.40. The number of rotatable bonds is 4. The van der Waals surface area contributed by atoms with Crippen LogP contribution in [0.2, 0.25) is 5.02 Å². The standard InChI is InChI=1S/C19H18ClFN2O3/c1-19(2)18(25)23(15-10-12(20)6-7-16(15)26-19)9-8-17(24)22-14-5-3-4-13(21)11-14/h3-7,10-11H,8-9H2,1-2H3,(H,22,24). The van der Waals surface area contributed by atoms with E-state index < -0.39 is 11.4 Å². The summed E-state index contributed by atoms with van der Waals surface area (Å²) in [7, 11) is 0. The number of hydrogen-bond acceptors (Lipinski definition) is 3. The zero-order valence-electron chi connectivity index (χ0n) is 14.4. The van der Waals surface area contributed by atoms with Crippen LogP contribution in [0.3, 0.4) is 0 Å². The van der Waals surface area contributed by atoms with E-state index in [-0.39, 0.29) is 24.8 Å². The van der Waals surface area contributed by atoms with E-state index in [2.05, 4.69) is 5.32 Å². The molecule has 7 heteroatoms. The largest absolute Gasteiger partial charge is 0.476 e. The van der Waals surface area contributed by atoms with Gasteiger partial charge in [-0.25, -0.2) is 4.39 Å². The minimum atomic E-state index is -1.04.